The van der Waals surface area contributed by atoms with E-state index in [1.165, 1.54) is 7.11 Å². The fourth-order valence-electron chi connectivity index (χ4n) is 2.33. The van der Waals surface area contributed by atoms with Gasteiger partial charge in [0.25, 0.3) is 0 Å². The van der Waals surface area contributed by atoms with Crippen LogP contribution in [0.3, 0.4) is 0 Å². The maximum absolute atomic E-state index is 12.2. The summed E-state index contributed by atoms with van der Waals surface area (Å²) in [5.74, 6) is 0.902. The number of carbonyl (C=O) groups excluding carboxylic acids is 1. The smallest absolute Gasteiger partial charge is 0.240 e. The van der Waals surface area contributed by atoms with Crippen molar-refractivity contribution in [3.05, 3.63) is 54.1 Å². The van der Waals surface area contributed by atoms with Crippen molar-refractivity contribution in [2.24, 2.45) is 0 Å². The maximum Gasteiger partial charge on any atom is 0.240 e. The molecule has 0 fully saturated rings. The second kappa shape index (κ2) is 9.27. The quantitative estimate of drug-likeness (QED) is 0.660. The average molecular weight is 392 g/mol. The van der Waals surface area contributed by atoms with Crippen LogP contribution in [-0.2, 0) is 14.8 Å². The summed E-state index contributed by atoms with van der Waals surface area (Å²) in [6.45, 7) is 2.24. The lowest BCUT2D eigenvalue weighted by molar-refractivity contribution is -0.119. The Morgan fingerprint density at radius 2 is 1.63 bits per heavy atom. The number of ether oxygens (including phenoxy) is 2. The summed E-state index contributed by atoms with van der Waals surface area (Å²) >= 11 is 0. The van der Waals surface area contributed by atoms with Gasteiger partial charge in [-0.1, -0.05) is 17.7 Å². The zero-order valence-electron chi connectivity index (χ0n) is 15.6. The van der Waals surface area contributed by atoms with Crippen molar-refractivity contribution in [3.8, 4) is 11.5 Å². The molecule has 2 rings (SSSR count). The lowest BCUT2D eigenvalue weighted by atomic mass is 10.2. The van der Waals surface area contributed by atoms with E-state index in [-0.39, 0.29) is 19.7 Å². The fourth-order valence-corrected chi connectivity index (χ4v) is 3.19. The van der Waals surface area contributed by atoms with Crippen LogP contribution in [0, 0.1) is 6.92 Å². The van der Waals surface area contributed by atoms with Gasteiger partial charge in [-0.2, -0.15) is 0 Å². The second-order valence-electron chi connectivity index (χ2n) is 5.98. The summed E-state index contributed by atoms with van der Waals surface area (Å²) in [5, 5.41) is 2.66. The molecule has 1 N–H and O–H groups in total. The van der Waals surface area contributed by atoms with E-state index in [4.69, 9.17) is 9.47 Å². The third-order valence-corrected chi connectivity index (χ3v) is 4.90. The van der Waals surface area contributed by atoms with Crippen LogP contribution in [0.5, 0.6) is 11.5 Å². The van der Waals surface area contributed by atoms with Crippen LogP contribution in [-0.4, -0.2) is 47.4 Å². The monoisotopic (exact) mass is 392 g/mol. The van der Waals surface area contributed by atoms with Crippen LogP contribution in [0.15, 0.2) is 48.5 Å². The van der Waals surface area contributed by atoms with Gasteiger partial charge in [-0.3, -0.25) is 9.10 Å². The molecule has 0 aliphatic heterocycles. The van der Waals surface area contributed by atoms with E-state index in [1.54, 1.807) is 24.3 Å². The minimum atomic E-state index is -3.61. The molecule has 7 nitrogen and oxygen atoms in total. The fraction of sp³-hybridized carbons (Fsp3) is 0.316. The van der Waals surface area contributed by atoms with Gasteiger partial charge in [-0.25, -0.2) is 8.42 Å². The van der Waals surface area contributed by atoms with E-state index >= 15 is 0 Å². The van der Waals surface area contributed by atoms with E-state index in [1.807, 2.05) is 31.2 Å². The number of nitrogens with one attached hydrogen (secondary N) is 1. The molecule has 0 saturated carbocycles. The summed E-state index contributed by atoms with van der Waals surface area (Å²) < 4.78 is 35.7. The molecular formula is C19H24N2O5S. The number of methoxy groups -OCH3 is 1. The highest BCUT2D eigenvalue weighted by atomic mass is 32.2. The number of anilines is 1. The number of hydrogen-bond donors (Lipinski definition) is 1. The van der Waals surface area contributed by atoms with Crippen molar-refractivity contribution in [1.29, 1.82) is 0 Å². The van der Waals surface area contributed by atoms with Gasteiger partial charge in [0.05, 0.1) is 25.6 Å². The molecule has 0 spiro atoms. The van der Waals surface area contributed by atoms with Crippen LogP contribution in [0.1, 0.15) is 5.56 Å². The Kier molecular flexibility index (Phi) is 7.06. The topological polar surface area (TPSA) is 84.9 Å². The van der Waals surface area contributed by atoms with Gasteiger partial charge in [0, 0.05) is 0 Å². The molecule has 0 unspecified atom stereocenters. The van der Waals surface area contributed by atoms with Crippen molar-refractivity contribution < 1.29 is 22.7 Å². The summed E-state index contributed by atoms with van der Waals surface area (Å²) in [4.78, 5) is 12.2. The standard InChI is InChI=1S/C19H24N2O5S/c1-15-4-8-18(9-5-15)26-13-12-20-19(22)14-21(27(3,23)24)16-6-10-17(25-2)11-7-16/h4-11H,12-14H2,1-3H3,(H,20,22). The van der Waals surface area contributed by atoms with Gasteiger partial charge in [-0.05, 0) is 43.3 Å². The van der Waals surface area contributed by atoms with Gasteiger partial charge in [0.15, 0.2) is 0 Å². The molecule has 0 radical (unpaired) electrons. The maximum atomic E-state index is 12.2. The first-order chi connectivity index (χ1) is 12.8. The number of nitrogens with zero attached hydrogens (tertiary/aromatic N) is 1. The number of benzene rings is 2. The molecular weight excluding hydrogens is 368 g/mol. The molecule has 0 heterocycles. The zero-order chi connectivity index (χ0) is 19.9. The first kappa shape index (κ1) is 20.6. The number of aryl methyl sites for hydroxylation is 1. The first-order valence-electron chi connectivity index (χ1n) is 8.37. The van der Waals surface area contributed by atoms with Crippen LogP contribution < -0.4 is 19.1 Å². The molecule has 0 aliphatic carbocycles. The Labute approximate surface area is 160 Å². The highest BCUT2D eigenvalue weighted by molar-refractivity contribution is 7.92. The normalized spacial score (nSPS) is 10.9. The van der Waals surface area contributed by atoms with E-state index < -0.39 is 15.9 Å². The molecule has 0 bridgehead atoms. The second-order valence-corrected chi connectivity index (χ2v) is 7.89. The number of carbonyl (C=O) groups is 1. The lowest BCUT2D eigenvalue weighted by Crippen LogP contribution is -2.41. The van der Waals surface area contributed by atoms with Crippen molar-refractivity contribution >= 4 is 21.6 Å². The lowest BCUT2D eigenvalue weighted by Gasteiger charge is -2.22. The molecule has 2 aromatic rings. The molecule has 0 atom stereocenters. The summed E-state index contributed by atoms with van der Waals surface area (Å²) in [6.07, 6.45) is 1.06. The average Bonchev–Trinajstić information content (AvgIpc) is 2.64. The molecule has 0 aliphatic rings. The van der Waals surface area contributed by atoms with Gasteiger partial charge in [-0.15, -0.1) is 0 Å². The SMILES string of the molecule is COc1ccc(N(CC(=O)NCCOc2ccc(C)cc2)S(C)(=O)=O)cc1. The molecule has 2 aromatic carbocycles. The number of sulfonamides is 1. The first-order valence-corrected chi connectivity index (χ1v) is 10.2. The van der Waals surface area contributed by atoms with Gasteiger partial charge in [0.2, 0.25) is 15.9 Å². The third kappa shape index (κ3) is 6.49. The van der Waals surface area contributed by atoms with Crippen LogP contribution in [0.2, 0.25) is 0 Å². The molecule has 1 amide bonds. The van der Waals surface area contributed by atoms with Gasteiger partial charge < -0.3 is 14.8 Å². The van der Waals surface area contributed by atoms with E-state index in [2.05, 4.69) is 5.32 Å². The number of amides is 1. The minimum Gasteiger partial charge on any atom is -0.497 e. The molecule has 146 valence electrons. The van der Waals surface area contributed by atoms with Crippen molar-refractivity contribution in [2.45, 2.75) is 6.92 Å². The summed E-state index contributed by atoms with van der Waals surface area (Å²) in [5.41, 5.74) is 1.53. The molecule has 8 heteroatoms. The predicted octanol–water partition coefficient (Wildman–Crippen LogP) is 1.96. The largest absolute Gasteiger partial charge is 0.497 e. The van der Waals surface area contributed by atoms with Crippen molar-refractivity contribution in [3.63, 3.8) is 0 Å². The van der Waals surface area contributed by atoms with Gasteiger partial charge >= 0.3 is 0 Å². The Hall–Kier alpha value is -2.74. The minimum absolute atomic E-state index is 0.271. The Morgan fingerprint density at radius 3 is 2.19 bits per heavy atom. The van der Waals surface area contributed by atoms with Crippen molar-refractivity contribution in [2.75, 3.05) is 37.4 Å². The molecule has 27 heavy (non-hydrogen) atoms. The van der Waals surface area contributed by atoms with E-state index in [0.717, 1.165) is 16.1 Å². The Balaban J connectivity index is 1.88. The number of rotatable bonds is 9. The molecule has 0 saturated heterocycles. The highest BCUT2D eigenvalue weighted by Crippen LogP contribution is 2.21. The Bertz CT molecular complexity index is 849. The number of hydrogen-bond acceptors (Lipinski definition) is 5. The van der Waals surface area contributed by atoms with Crippen LogP contribution in [0.25, 0.3) is 0 Å². The predicted molar refractivity (Wildman–Crippen MR) is 105 cm³/mol. The highest BCUT2D eigenvalue weighted by Gasteiger charge is 2.20. The molecule has 0 aromatic heterocycles. The van der Waals surface area contributed by atoms with E-state index in [0.29, 0.717) is 17.2 Å². The summed E-state index contributed by atoms with van der Waals surface area (Å²) in [6, 6.07) is 14.0. The third-order valence-electron chi connectivity index (χ3n) is 3.76. The summed E-state index contributed by atoms with van der Waals surface area (Å²) in [7, 11) is -2.09. The Morgan fingerprint density at radius 1 is 1.04 bits per heavy atom. The zero-order valence-corrected chi connectivity index (χ0v) is 16.5. The van der Waals surface area contributed by atoms with Crippen molar-refractivity contribution in [1.82, 2.24) is 5.32 Å². The van der Waals surface area contributed by atoms with Crippen LogP contribution in [0.4, 0.5) is 5.69 Å². The van der Waals surface area contributed by atoms with Gasteiger partial charge in [0.1, 0.15) is 24.7 Å². The van der Waals surface area contributed by atoms with Crippen LogP contribution >= 0.6 is 0 Å². The van der Waals surface area contributed by atoms with E-state index in [9.17, 15) is 13.2 Å².